The lowest BCUT2D eigenvalue weighted by Gasteiger charge is -2.26. The van der Waals surface area contributed by atoms with Crippen LogP contribution in [0, 0.1) is 10.1 Å². The van der Waals surface area contributed by atoms with Crippen molar-refractivity contribution >= 4 is 28.4 Å². The number of benzene rings is 1. The Morgan fingerprint density at radius 1 is 1.38 bits per heavy atom. The summed E-state index contributed by atoms with van der Waals surface area (Å²) < 4.78 is 0. The predicted molar refractivity (Wildman–Crippen MR) is 78.5 cm³/mol. The van der Waals surface area contributed by atoms with E-state index in [1.165, 1.54) is 12.1 Å². The van der Waals surface area contributed by atoms with Crippen molar-refractivity contribution in [1.82, 2.24) is 4.98 Å². The number of nitro groups is 1. The van der Waals surface area contributed by atoms with Crippen molar-refractivity contribution in [2.45, 2.75) is 19.9 Å². The molecule has 0 amide bonds. The highest BCUT2D eigenvalue weighted by molar-refractivity contribution is 5.83. The summed E-state index contributed by atoms with van der Waals surface area (Å²) in [5.41, 5.74) is 0.595. The quantitative estimate of drug-likeness (QED) is 0.670. The van der Waals surface area contributed by atoms with Crippen molar-refractivity contribution < 1.29 is 14.8 Å². The van der Waals surface area contributed by atoms with Crippen molar-refractivity contribution in [3.63, 3.8) is 0 Å². The third-order valence-electron chi connectivity index (χ3n) is 3.09. The molecule has 1 heterocycles. The number of rotatable bonds is 5. The van der Waals surface area contributed by atoms with Gasteiger partial charge < -0.3 is 10.0 Å². The van der Waals surface area contributed by atoms with Gasteiger partial charge in [-0.05, 0) is 32.0 Å². The Bertz CT molecular complexity index is 700. The summed E-state index contributed by atoms with van der Waals surface area (Å²) in [7, 11) is 0. The van der Waals surface area contributed by atoms with Crippen LogP contribution in [0.15, 0.2) is 30.3 Å². The number of non-ortho nitro benzene ring substituents is 1. The fourth-order valence-electron chi connectivity index (χ4n) is 2.05. The maximum absolute atomic E-state index is 10.9. The molecule has 1 aromatic carbocycles. The summed E-state index contributed by atoms with van der Waals surface area (Å²) in [5, 5.41) is 20.3. The van der Waals surface area contributed by atoms with E-state index in [0.717, 1.165) is 0 Å². The van der Waals surface area contributed by atoms with Gasteiger partial charge in [-0.2, -0.15) is 0 Å². The molecule has 7 nitrogen and oxygen atoms in total. The summed E-state index contributed by atoms with van der Waals surface area (Å²) in [6.07, 6.45) is 0. The van der Waals surface area contributed by atoms with Gasteiger partial charge in [-0.15, -0.1) is 0 Å². The van der Waals surface area contributed by atoms with Crippen LogP contribution in [0.3, 0.4) is 0 Å². The van der Waals surface area contributed by atoms with E-state index in [0.29, 0.717) is 16.7 Å². The normalized spacial score (nSPS) is 10.8. The van der Waals surface area contributed by atoms with E-state index in [1.807, 2.05) is 13.8 Å². The highest BCUT2D eigenvalue weighted by atomic mass is 16.6. The number of nitro benzene ring substituents is 1. The minimum Gasteiger partial charge on any atom is -0.480 e. The summed E-state index contributed by atoms with van der Waals surface area (Å²) in [5.74, 6) is -0.400. The number of pyridine rings is 1. The first-order valence-corrected chi connectivity index (χ1v) is 6.42. The number of hydrogen-bond acceptors (Lipinski definition) is 5. The Kier molecular flexibility index (Phi) is 4.02. The second kappa shape index (κ2) is 5.74. The number of fused-ring (bicyclic) bond motifs is 1. The van der Waals surface area contributed by atoms with Gasteiger partial charge in [-0.25, -0.2) is 4.98 Å². The molecule has 2 rings (SSSR count). The first-order chi connectivity index (χ1) is 9.88. The van der Waals surface area contributed by atoms with E-state index in [-0.39, 0.29) is 18.3 Å². The smallest absolute Gasteiger partial charge is 0.323 e. The topological polar surface area (TPSA) is 96.6 Å². The zero-order valence-electron chi connectivity index (χ0n) is 11.7. The second-order valence-corrected chi connectivity index (χ2v) is 4.92. The lowest BCUT2D eigenvalue weighted by Crippen LogP contribution is -2.36. The van der Waals surface area contributed by atoms with Crippen LogP contribution in [-0.2, 0) is 4.79 Å². The Balaban J connectivity index is 2.44. The van der Waals surface area contributed by atoms with Gasteiger partial charge in [0.1, 0.15) is 12.4 Å². The van der Waals surface area contributed by atoms with Crippen LogP contribution in [0.4, 0.5) is 11.5 Å². The number of hydrogen-bond donors (Lipinski definition) is 1. The van der Waals surface area contributed by atoms with Gasteiger partial charge in [0.2, 0.25) is 0 Å². The SMILES string of the molecule is CC(C)N(CC(=O)O)c1ccc2cc([N+](=O)[O-])ccc2n1. The van der Waals surface area contributed by atoms with E-state index >= 15 is 0 Å². The Hall–Kier alpha value is -2.70. The third kappa shape index (κ3) is 3.25. The number of carboxylic acids is 1. The minimum atomic E-state index is -0.936. The zero-order chi connectivity index (χ0) is 15.6. The molecule has 0 aliphatic carbocycles. The number of nitrogens with zero attached hydrogens (tertiary/aromatic N) is 3. The molecule has 0 fully saturated rings. The zero-order valence-corrected chi connectivity index (χ0v) is 11.7. The number of aliphatic carboxylic acids is 1. The van der Waals surface area contributed by atoms with Crippen LogP contribution in [-0.4, -0.2) is 33.6 Å². The first kappa shape index (κ1) is 14.7. The van der Waals surface area contributed by atoms with E-state index in [4.69, 9.17) is 5.11 Å². The van der Waals surface area contributed by atoms with Crippen molar-refractivity contribution in [1.29, 1.82) is 0 Å². The fourth-order valence-corrected chi connectivity index (χ4v) is 2.05. The molecule has 0 aliphatic heterocycles. The molecule has 0 saturated heterocycles. The van der Waals surface area contributed by atoms with Gasteiger partial charge in [-0.1, -0.05) is 0 Å². The van der Waals surface area contributed by atoms with Crippen LogP contribution in [0.2, 0.25) is 0 Å². The van der Waals surface area contributed by atoms with E-state index in [9.17, 15) is 14.9 Å². The highest BCUT2D eigenvalue weighted by Crippen LogP contribution is 2.23. The highest BCUT2D eigenvalue weighted by Gasteiger charge is 2.16. The van der Waals surface area contributed by atoms with E-state index in [1.54, 1.807) is 23.1 Å². The molecule has 2 aromatic rings. The van der Waals surface area contributed by atoms with Gasteiger partial charge in [0.25, 0.3) is 5.69 Å². The van der Waals surface area contributed by atoms with Crippen LogP contribution >= 0.6 is 0 Å². The first-order valence-electron chi connectivity index (χ1n) is 6.42. The fraction of sp³-hybridized carbons (Fsp3) is 0.286. The minimum absolute atomic E-state index is 0.00306. The Morgan fingerprint density at radius 2 is 2.10 bits per heavy atom. The Labute approximate surface area is 121 Å². The van der Waals surface area contributed by atoms with Crippen LogP contribution in [0.5, 0.6) is 0 Å². The summed E-state index contributed by atoms with van der Waals surface area (Å²) >= 11 is 0. The van der Waals surface area contributed by atoms with Crippen molar-refractivity contribution in [2.75, 3.05) is 11.4 Å². The van der Waals surface area contributed by atoms with Crippen LogP contribution in [0.25, 0.3) is 10.9 Å². The average molecular weight is 289 g/mol. The van der Waals surface area contributed by atoms with E-state index < -0.39 is 10.9 Å². The van der Waals surface area contributed by atoms with Gasteiger partial charge in [0.05, 0.1) is 10.4 Å². The number of aromatic nitrogens is 1. The van der Waals surface area contributed by atoms with Gasteiger partial charge in [0, 0.05) is 23.6 Å². The number of carbonyl (C=O) groups is 1. The summed E-state index contributed by atoms with van der Waals surface area (Å²) in [4.78, 5) is 27.3. The lowest BCUT2D eigenvalue weighted by atomic mass is 10.2. The molecule has 21 heavy (non-hydrogen) atoms. The molecule has 110 valence electrons. The molecule has 0 saturated carbocycles. The lowest BCUT2D eigenvalue weighted by molar-refractivity contribution is -0.384. The molecular formula is C14H15N3O4. The third-order valence-corrected chi connectivity index (χ3v) is 3.09. The number of anilines is 1. The maximum Gasteiger partial charge on any atom is 0.323 e. The van der Waals surface area contributed by atoms with Crippen molar-refractivity contribution in [3.05, 3.63) is 40.4 Å². The van der Waals surface area contributed by atoms with Gasteiger partial charge in [-0.3, -0.25) is 14.9 Å². The van der Waals surface area contributed by atoms with Gasteiger partial charge in [0.15, 0.2) is 0 Å². The molecule has 0 atom stereocenters. The summed E-state index contributed by atoms with van der Waals surface area (Å²) in [6, 6.07) is 7.76. The van der Waals surface area contributed by atoms with Crippen molar-refractivity contribution in [3.8, 4) is 0 Å². The van der Waals surface area contributed by atoms with Crippen molar-refractivity contribution in [2.24, 2.45) is 0 Å². The molecule has 1 aromatic heterocycles. The average Bonchev–Trinajstić information content (AvgIpc) is 2.43. The molecule has 0 spiro atoms. The molecule has 0 bridgehead atoms. The predicted octanol–water partition coefficient (Wildman–Crippen LogP) is 2.44. The molecule has 7 heteroatoms. The monoisotopic (exact) mass is 289 g/mol. The van der Waals surface area contributed by atoms with Crippen LogP contribution in [0.1, 0.15) is 13.8 Å². The van der Waals surface area contributed by atoms with Crippen LogP contribution < -0.4 is 4.90 Å². The molecule has 0 radical (unpaired) electrons. The Morgan fingerprint density at radius 3 is 2.67 bits per heavy atom. The molecule has 0 aliphatic rings. The molecular weight excluding hydrogens is 274 g/mol. The standard InChI is InChI=1S/C14H15N3O4/c1-9(2)16(8-14(18)19)13-6-3-10-7-11(17(20)21)4-5-12(10)15-13/h3-7,9H,8H2,1-2H3,(H,18,19). The van der Waals surface area contributed by atoms with Gasteiger partial charge >= 0.3 is 5.97 Å². The second-order valence-electron chi connectivity index (χ2n) is 4.92. The number of carboxylic acid groups (broad SMARTS) is 1. The molecule has 0 unspecified atom stereocenters. The largest absolute Gasteiger partial charge is 0.480 e. The summed E-state index contributed by atoms with van der Waals surface area (Å²) in [6.45, 7) is 3.61. The van der Waals surface area contributed by atoms with E-state index in [2.05, 4.69) is 4.98 Å². The maximum atomic E-state index is 10.9. The molecule has 1 N–H and O–H groups in total.